The third-order valence-electron chi connectivity index (χ3n) is 7.40. The molecular formula is C32H40F9N5O8. The van der Waals surface area contributed by atoms with Gasteiger partial charge >= 0.3 is 36.4 Å². The molecule has 3 aliphatic carbocycles. The molecule has 5 rings (SSSR count). The summed E-state index contributed by atoms with van der Waals surface area (Å²) in [6.45, 7) is 3.64. The Bertz CT molecular complexity index is 1580. The van der Waals surface area contributed by atoms with E-state index in [9.17, 15) is 63.5 Å². The molecule has 3 N–H and O–H groups in total. The van der Waals surface area contributed by atoms with Gasteiger partial charge in [-0.3, -0.25) is 33.3 Å². The van der Waals surface area contributed by atoms with Crippen LogP contribution in [0.1, 0.15) is 99.8 Å². The molecule has 0 aromatic carbocycles. The lowest BCUT2D eigenvalue weighted by atomic mass is 10.1. The Morgan fingerprint density at radius 2 is 1.17 bits per heavy atom. The Kier molecular flexibility index (Phi) is 16.7. The van der Waals surface area contributed by atoms with Gasteiger partial charge in [-0.25, -0.2) is 0 Å². The minimum Gasteiger partial charge on any atom is -0.480 e. The lowest BCUT2D eigenvalue weighted by Gasteiger charge is -2.05. The van der Waals surface area contributed by atoms with Crippen molar-refractivity contribution in [1.82, 2.24) is 19.6 Å². The van der Waals surface area contributed by atoms with Crippen molar-refractivity contribution in [3.05, 3.63) is 34.9 Å². The van der Waals surface area contributed by atoms with Crippen LogP contribution in [0.5, 0.6) is 0 Å². The average molecular weight is 794 g/mol. The third-order valence-corrected chi connectivity index (χ3v) is 7.40. The molecule has 13 nitrogen and oxygen atoms in total. The lowest BCUT2D eigenvalue weighted by molar-refractivity contribution is -0.171. The van der Waals surface area contributed by atoms with Gasteiger partial charge in [-0.15, -0.1) is 0 Å². The van der Waals surface area contributed by atoms with E-state index in [2.05, 4.69) is 14.9 Å². The van der Waals surface area contributed by atoms with Crippen molar-refractivity contribution in [1.29, 1.82) is 0 Å². The highest BCUT2D eigenvalue weighted by atomic mass is 19.4. The van der Waals surface area contributed by atoms with Crippen LogP contribution in [-0.2, 0) is 58.9 Å². The van der Waals surface area contributed by atoms with Crippen LogP contribution in [0.15, 0.2) is 12.1 Å². The molecular weight excluding hydrogens is 753 g/mol. The fourth-order valence-corrected chi connectivity index (χ4v) is 4.42. The second kappa shape index (κ2) is 19.7. The zero-order valence-corrected chi connectivity index (χ0v) is 29.2. The van der Waals surface area contributed by atoms with E-state index in [0.717, 1.165) is 47.2 Å². The van der Waals surface area contributed by atoms with Crippen LogP contribution in [0, 0.1) is 5.92 Å². The molecule has 54 heavy (non-hydrogen) atoms. The van der Waals surface area contributed by atoms with Gasteiger partial charge in [0.2, 0.25) is 5.78 Å². The van der Waals surface area contributed by atoms with Crippen LogP contribution in [0.3, 0.4) is 0 Å². The summed E-state index contributed by atoms with van der Waals surface area (Å²) in [6.07, 6.45) is -9.99. The van der Waals surface area contributed by atoms with E-state index in [-0.39, 0.29) is 36.9 Å². The first-order valence-electron chi connectivity index (χ1n) is 16.7. The molecule has 0 atom stereocenters. The van der Waals surface area contributed by atoms with E-state index in [4.69, 9.17) is 15.6 Å². The first-order valence-corrected chi connectivity index (χ1v) is 16.7. The maximum absolute atomic E-state index is 12.6. The summed E-state index contributed by atoms with van der Waals surface area (Å²) in [4.78, 5) is 53.1. The molecule has 2 aromatic heterocycles. The van der Waals surface area contributed by atoms with Gasteiger partial charge in [0.1, 0.15) is 18.9 Å². The van der Waals surface area contributed by atoms with Crippen LogP contribution in [0.25, 0.3) is 0 Å². The van der Waals surface area contributed by atoms with Crippen molar-refractivity contribution in [2.75, 3.05) is 19.8 Å². The number of carboxylic acid groups (broad SMARTS) is 1. The largest absolute Gasteiger partial charge is 0.480 e. The monoisotopic (exact) mass is 793 g/mol. The smallest absolute Gasteiger partial charge is 0.450 e. The topological polar surface area (TPSA) is 186 Å². The predicted octanol–water partition coefficient (Wildman–Crippen LogP) is 5.59. The number of aromatic nitrogens is 4. The fourth-order valence-electron chi connectivity index (χ4n) is 4.42. The summed E-state index contributed by atoms with van der Waals surface area (Å²) in [5.41, 5.74) is 3.93. The van der Waals surface area contributed by atoms with E-state index in [1.165, 1.54) is 0 Å². The quantitative estimate of drug-likeness (QED) is 0.146. The third kappa shape index (κ3) is 16.3. The highest BCUT2D eigenvalue weighted by molar-refractivity contribution is 6.03. The number of ketones is 2. The number of nitrogens with zero attached hydrogens (tertiary/aromatic N) is 4. The number of ether oxygens (including phenoxy) is 2. The van der Waals surface area contributed by atoms with Gasteiger partial charge in [0.25, 0.3) is 0 Å². The molecule has 22 heteroatoms. The number of esters is 2. The minimum absolute atomic E-state index is 0.0305. The number of hydrogen-bond acceptors (Lipinski definition) is 10. The SMILES string of the molecule is CCOC(=O)CCN.CCOC(=O)Cn1nc(C(F)(F)F)cc1C1CC1.O=C(CC(=O)C(F)(F)F)C1CC1.O=C(O)Cn1nc(C(F)(F)F)cc1C1CC1. The number of hydrogen-bond donors (Lipinski definition) is 2. The number of rotatable bonds is 13. The lowest BCUT2D eigenvalue weighted by Crippen LogP contribution is -2.25. The molecule has 0 spiro atoms. The maximum Gasteiger partial charge on any atom is 0.450 e. The van der Waals surface area contributed by atoms with Gasteiger partial charge < -0.3 is 20.3 Å². The highest BCUT2D eigenvalue weighted by Gasteiger charge is 2.42. The van der Waals surface area contributed by atoms with Crippen molar-refractivity contribution in [3.63, 3.8) is 0 Å². The fraction of sp³-hybridized carbons (Fsp3) is 0.656. The first-order chi connectivity index (χ1) is 25.0. The van der Waals surface area contributed by atoms with Gasteiger partial charge in [0, 0.05) is 35.7 Å². The summed E-state index contributed by atoms with van der Waals surface area (Å²) in [7, 11) is 0. The van der Waals surface area contributed by atoms with E-state index in [1.807, 2.05) is 0 Å². The van der Waals surface area contributed by atoms with Crippen molar-refractivity contribution < 1.29 is 78.1 Å². The molecule has 0 aliphatic heterocycles. The predicted molar refractivity (Wildman–Crippen MR) is 166 cm³/mol. The van der Waals surface area contributed by atoms with Crippen molar-refractivity contribution in [2.24, 2.45) is 11.7 Å². The van der Waals surface area contributed by atoms with E-state index in [1.54, 1.807) is 13.8 Å². The number of nitrogens with two attached hydrogens (primary N) is 1. The van der Waals surface area contributed by atoms with E-state index in [0.29, 0.717) is 43.8 Å². The Morgan fingerprint density at radius 3 is 1.50 bits per heavy atom. The Morgan fingerprint density at radius 1 is 0.741 bits per heavy atom. The van der Waals surface area contributed by atoms with Crippen molar-refractivity contribution in [2.45, 2.75) is 109 Å². The molecule has 2 heterocycles. The molecule has 0 radical (unpaired) electrons. The second-order valence-corrected chi connectivity index (χ2v) is 12.1. The number of aliphatic carboxylic acids is 1. The van der Waals surface area contributed by atoms with E-state index >= 15 is 0 Å². The van der Waals surface area contributed by atoms with E-state index < -0.39 is 66.4 Å². The van der Waals surface area contributed by atoms with Gasteiger partial charge in [-0.05, 0) is 64.5 Å². The Hall–Kier alpha value is -4.50. The number of halogens is 9. The molecule has 3 fully saturated rings. The number of carboxylic acids is 1. The molecule has 0 bridgehead atoms. The first kappa shape index (κ1) is 45.7. The normalized spacial score (nSPS) is 15.3. The van der Waals surface area contributed by atoms with Crippen molar-refractivity contribution in [3.8, 4) is 0 Å². The molecule has 0 unspecified atom stereocenters. The summed E-state index contributed by atoms with van der Waals surface area (Å²) in [5, 5.41) is 15.3. The highest BCUT2D eigenvalue weighted by Crippen LogP contribution is 2.43. The number of Topliss-reactive ketones (excluding diaryl/α,β-unsaturated/α-hetero) is 2. The zero-order chi connectivity index (χ0) is 41.0. The summed E-state index contributed by atoms with van der Waals surface area (Å²) in [5.74, 6) is -4.65. The number of alkyl halides is 9. The van der Waals surface area contributed by atoms with Crippen LogP contribution in [0.4, 0.5) is 39.5 Å². The number of carbonyl (C=O) groups excluding carboxylic acids is 4. The second-order valence-electron chi connectivity index (χ2n) is 12.1. The summed E-state index contributed by atoms with van der Waals surface area (Å²) >= 11 is 0. The van der Waals surface area contributed by atoms with Crippen LogP contribution in [-0.4, -0.2) is 80.1 Å². The van der Waals surface area contributed by atoms with Gasteiger partial charge in [0.15, 0.2) is 11.4 Å². The molecule has 3 aliphatic rings. The average Bonchev–Trinajstić information content (AvgIpc) is 3.93. The van der Waals surface area contributed by atoms with Gasteiger partial charge in [-0.1, -0.05) is 0 Å². The van der Waals surface area contributed by atoms with Gasteiger partial charge in [-0.2, -0.15) is 49.7 Å². The molecule has 0 amide bonds. The van der Waals surface area contributed by atoms with Crippen LogP contribution in [0.2, 0.25) is 0 Å². The Labute approximate surface area is 302 Å². The maximum atomic E-state index is 12.6. The standard InChI is InChI=1S/C11H13F3N2O2.C9H9F3N2O2.C7H7F3O2.C5H11NO2/c1-2-18-10(17)6-16-8(7-3-4-7)5-9(15-16)11(12,13)14;10-9(11,12)7-3-6(5-1-2-5)14(13-7)4-8(15)16;8-7(9,10)6(12)3-5(11)4-1-2-4;1-2-8-5(7)3-4-6/h5,7H,2-4,6H2,1H3;3,5H,1-2,4H2,(H,15,16);4H,1-3H2;2-4,6H2,1H3. The summed E-state index contributed by atoms with van der Waals surface area (Å²) in [6, 6.07) is 1.97. The zero-order valence-electron chi connectivity index (χ0n) is 29.2. The molecule has 3 saturated carbocycles. The number of carbonyl (C=O) groups is 5. The van der Waals surface area contributed by atoms with Crippen LogP contribution < -0.4 is 5.73 Å². The molecule has 0 saturated heterocycles. The van der Waals surface area contributed by atoms with Gasteiger partial charge in [0.05, 0.1) is 26.1 Å². The van der Waals surface area contributed by atoms with Crippen LogP contribution >= 0.6 is 0 Å². The molecule has 2 aromatic rings. The summed E-state index contributed by atoms with van der Waals surface area (Å²) < 4.78 is 121. The van der Waals surface area contributed by atoms with Crippen molar-refractivity contribution >= 4 is 29.5 Å². The Balaban J connectivity index is 0.000000259. The molecule has 304 valence electrons. The minimum atomic E-state index is -4.86.